The van der Waals surface area contributed by atoms with Crippen LogP contribution < -0.4 is 0 Å². The van der Waals surface area contributed by atoms with E-state index in [-0.39, 0.29) is 10.5 Å². The molecule has 0 aliphatic carbocycles. The van der Waals surface area contributed by atoms with Gasteiger partial charge in [0.05, 0.1) is 28.7 Å². The van der Waals surface area contributed by atoms with Gasteiger partial charge in [-0.15, -0.1) is 0 Å². The number of rotatable bonds is 4. The second-order valence-electron chi connectivity index (χ2n) is 3.68. The number of benzene rings is 1. The third kappa shape index (κ3) is 3.08. The zero-order chi connectivity index (χ0) is 14.5. The molecule has 0 saturated heterocycles. The van der Waals surface area contributed by atoms with Crippen molar-refractivity contribution in [2.24, 2.45) is 0 Å². The number of hydrogen-bond acceptors (Lipinski definition) is 5. The van der Waals surface area contributed by atoms with Crippen LogP contribution in [0.1, 0.15) is 11.1 Å². The van der Waals surface area contributed by atoms with Gasteiger partial charge in [0.25, 0.3) is 0 Å². The Bertz CT molecular complexity index is 689. The molecule has 6 nitrogen and oxygen atoms in total. The van der Waals surface area contributed by atoms with Gasteiger partial charge in [-0.25, -0.2) is 8.42 Å². The van der Waals surface area contributed by atoms with Crippen molar-refractivity contribution in [1.82, 2.24) is 4.31 Å². The van der Waals surface area contributed by atoms with Gasteiger partial charge in [0, 0.05) is 0 Å². The second-order valence-corrected chi connectivity index (χ2v) is 5.59. The number of nitriles is 3. The van der Waals surface area contributed by atoms with E-state index in [1.165, 1.54) is 18.2 Å². The van der Waals surface area contributed by atoms with Crippen LogP contribution in [0.2, 0.25) is 0 Å². The smallest absolute Gasteiger partial charge is 0.207 e. The van der Waals surface area contributed by atoms with E-state index in [0.29, 0.717) is 5.56 Å². The molecule has 0 N–H and O–H groups in total. The molecule has 0 bridgehead atoms. The van der Waals surface area contributed by atoms with Crippen molar-refractivity contribution in [3.8, 4) is 18.2 Å². The first-order valence-corrected chi connectivity index (χ1v) is 6.66. The van der Waals surface area contributed by atoms with Crippen LogP contribution in [-0.2, 0) is 10.0 Å². The van der Waals surface area contributed by atoms with Gasteiger partial charge in [-0.3, -0.25) is 0 Å². The van der Waals surface area contributed by atoms with E-state index >= 15 is 0 Å². The normalized spacial score (nSPS) is 10.5. The molecule has 0 saturated carbocycles. The van der Waals surface area contributed by atoms with Crippen molar-refractivity contribution in [3.05, 3.63) is 29.3 Å². The van der Waals surface area contributed by atoms with E-state index in [1.54, 1.807) is 19.1 Å². The molecule has 0 aliphatic heterocycles. The summed E-state index contributed by atoms with van der Waals surface area (Å²) in [5.41, 5.74) is 0.665. The SMILES string of the molecule is Cc1ccc(C#N)cc1S(=O)(=O)N(CC#N)CC#N. The monoisotopic (exact) mass is 274 g/mol. The second kappa shape index (κ2) is 5.97. The molecular formula is C12H10N4O2S. The molecule has 0 radical (unpaired) electrons. The summed E-state index contributed by atoms with van der Waals surface area (Å²) in [6.07, 6.45) is 0. The van der Waals surface area contributed by atoms with Gasteiger partial charge in [-0.05, 0) is 24.6 Å². The van der Waals surface area contributed by atoms with Crippen LogP contribution >= 0.6 is 0 Å². The number of hydrogen-bond donors (Lipinski definition) is 0. The Morgan fingerprint density at radius 1 is 1.16 bits per heavy atom. The maximum absolute atomic E-state index is 12.3. The lowest BCUT2D eigenvalue weighted by molar-refractivity contribution is 0.479. The fourth-order valence-corrected chi connectivity index (χ4v) is 2.95. The largest absolute Gasteiger partial charge is 0.245 e. The van der Waals surface area contributed by atoms with E-state index in [0.717, 1.165) is 4.31 Å². The molecule has 0 unspecified atom stereocenters. The molecule has 96 valence electrons. The third-order valence-electron chi connectivity index (χ3n) is 2.43. The first-order chi connectivity index (χ1) is 8.97. The number of nitrogens with zero attached hydrogens (tertiary/aromatic N) is 4. The summed E-state index contributed by atoms with van der Waals surface area (Å²) in [5, 5.41) is 26.1. The van der Waals surface area contributed by atoms with Gasteiger partial charge in [-0.2, -0.15) is 20.1 Å². The van der Waals surface area contributed by atoms with Crippen LogP contribution in [-0.4, -0.2) is 25.8 Å². The fraction of sp³-hybridized carbons (Fsp3) is 0.250. The van der Waals surface area contributed by atoms with Crippen molar-refractivity contribution in [3.63, 3.8) is 0 Å². The highest BCUT2D eigenvalue weighted by molar-refractivity contribution is 7.89. The van der Waals surface area contributed by atoms with E-state index in [9.17, 15) is 8.42 Å². The topological polar surface area (TPSA) is 109 Å². The molecule has 0 heterocycles. The summed E-state index contributed by atoms with van der Waals surface area (Å²) >= 11 is 0. The summed E-state index contributed by atoms with van der Waals surface area (Å²) < 4.78 is 25.4. The van der Waals surface area contributed by atoms with E-state index in [1.807, 2.05) is 6.07 Å². The number of sulfonamides is 1. The van der Waals surface area contributed by atoms with Gasteiger partial charge in [0.2, 0.25) is 10.0 Å². The lowest BCUT2D eigenvalue weighted by Crippen LogP contribution is -2.32. The summed E-state index contributed by atoms with van der Waals surface area (Å²) in [6, 6.07) is 9.54. The van der Waals surface area contributed by atoms with Crippen LogP contribution in [0, 0.1) is 40.9 Å². The van der Waals surface area contributed by atoms with Crippen molar-refractivity contribution >= 4 is 10.0 Å². The molecular weight excluding hydrogens is 264 g/mol. The molecule has 0 fully saturated rings. The highest BCUT2D eigenvalue weighted by atomic mass is 32.2. The Balaban J connectivity index is 3.38. The molecule has 0 aliphatic rings. The molecule has 19 heavy (non-hydrogen) atoms. The van der Waals surface area contributed by atoms with Crippen LogP contribution in [0.4, 0.5) is 0 Å². The van der Waals surface area contributed by atoms with Gasteiger partial charge < -0.3 is 0 Å². The molecule has 0 aromatic heterocycles. The summed E-state index contributed by atoms with van der Waals surface area (Å²) in [4.78, 5) is -0.0583. The standard InChI is InChI=1S/C12H10N4O2S/c1-10-2-3-11(9-15)8-12(10)19(17,18)16(6-4-13)7-5-14/h2-3,8H,6-7H2,1H3. The van der Waals surface area contributed by atoms with Crippen LogP contribution in [0.3, 0.4) is 0 Å². The molecule has 7 heteroatoms. The third-order valence-corrected chi connectivity index (χ3v) is 4.36. The van der Waals surface area contributed by atoms with Crippen molar-refractivity contribution in [2.75, 3.05) is 13.1 Å². The van der Waals surface area contributed by atoms with Crippen molar-refractivity contribution in [1.29, 1.82) is 15.8 Å². The van der Waals surface area contributed by atoms with Gasteiger partial charge in [0.15, 0.2) is 0 Å². The van der Waals surface area contributed by atoms with E-state index < -0.39 is 23.1 Å². The van der Waals surface area contributed by atoms with Crippen molar-refractivity contribution in [2.45, 2.75) is 11.8 Å². The van der Waals surface area contributed by atoms with Gasteiger partial charge in [0.1, 0.15) is 13.1 Å². The summed E-state index contributed by atoms with van der Waals surface area (Å²) in [6.45, 7) is 0.767. The fourth-order valence-electron chi connectivity index (χ4n) is 1.47. The van der Waals surface area contributed by atoms with E-state index in [4.69, 9.17) is 15.8 Å². The minimum Gasteiger partial charge on any atom is -0.207 e. The Morgan fingerprint density at radius 3 is 2.21 bits per heavy atom. The van der Waals surface area contributed by atoms with Crippen LogP contribution in [0.5, 0.6) is 0 Å². The minimum atomic E-state index is -3.95. The van der Waals surface area contributed by atoms with Gasteiger partial charge >= 0.3 is 0 Å². The van der Waals surface area contributed by atoms with Crippen LogP contribution in [0.25, 0.3) is 0 Å². The summed E-state index contributed by atoms with van der Waals surface area (Å²) in [7, 11) is -3.95. The Labute approximate surface area is 111 Å². The maximum Gasteiger partial charge on any atom is 0.245 e. The molecule has 0 amide bonds. The Morgan fingerprint density at radius 2 is 1.74 bits per heavy atom. The number of aryl methyl sites for hydroxylation is 1. The molecule has 1 aromatic carbocycles. The quantitative estimate of drug-likeness (QED) is 0.758. The predicted molar refractivity (Wildman–Crippen MR) is 65.9 cm³/mol. The first kappa shape index (κ1) is 14.7. The Hall–Kier alpha value is -2.40. The Kier molecular flexibility index (Phi) is 4.61. The molecule has 1 aromatic rings. The zero-order valence-corrected chi connectivity index (χ0v) is 11.0. The summed E-state index contributed by atoms with van der Waals surface area (Å²) in [5.74, 6) is 0. The predicted octanol–water partition coefficient (Wildman–Crippen LogP) is 0.905. The minimum absolute atomic E-state index is 0.0583. The lowest BCUT2D eigenvalue weighted by atomic mass is 10.2. The lowest BCUT2D eigenvalue weighted by Gasteiger charge is -2.17. The van der Waals surface area contributed by atoms with Crippen molar-refractivity contribution < 1.29 is 8.42 Å². The van der Waals surface area contributed by atoms with Crippen LogP contribution in [0.15, 0.2) is 23.1 Å². The highest BCUT2D eigenvalue weighted by Gasteiger charge is 2.26. The van der Waals surface area contributed by atoms with Gasteiger partial charge in [-0.1, -0.05) is 6.07 Å². The van der Waals surface area contributed by atoms with E-state index in [2.05, 4.69) is 0 Å². The maximum atomic E-state index is 12.3. The first-order valence-electron chi connectivity index (χ1n) is 5.22. The highest BCUT2D eigenvalue weighted by Crippen LogP contribution is 2.20. The molecule has 1 rings (SSSR count). The zero-order valence-electron chi connectivity index (χ0n) is 10.2. The average molecular weight is 274 g/mol. The average Bonchev–Trinajstić information content (AvgIpc) is 2.39. The molecule has 0 spiro atoms. The molecule has 0 atom stereocenters.